The van der Waals surface area contributed by atoms with E-state index in [1.165, 1.54) is 36.9 Å². The number of pyridine rings is 1. The third-order valence-corrected chi connectivity index (χ3v) is 3.50. The Morgan fingerprint density at radius 1 is 1.24 bits per heavy atom. The van der Waals surface area contributed by atoms with Crippen LogP contribution >= 0.6 is 0 Å². The molecule has 3 nitrogen and oxygen atoms in total. The van der Waals surface area contributed by atoms with Crippen molar-refractivity contribution in [1.29, 1.82) is 0 Å². The number of anilines is 1. The van der Waals surface area contributed by atoms with Gasteiger partial charge in [-0.05, 0) is 50.3 Å². The molecule has 2 rings (SSSR count). The van der Waals surface area contributed by atoms with Gasteiger partial charge < -0.3 is 10.6 Å². The summed E-state index contributed by atoms with van der Waals surface area (Å²) in [6.45, 7) is 1.88. The van der Waals surface area contributed by atoms with Gasteiger partial charge in [-0.2, -0.15) is 0 Å². The van der Waals surface area contributed by atoms with Crippen LogP contribution in [0.5, 0.6) is 0 Å². The first-order chi connectivity index (χ1) is 8.31. The van der Waals surface area contributed by atoms with Gasteiger partial charge in [0, 0.05) is 19.3 Å². The van der Waals surface area contributed by atoms with Crippen molar-refractivity contribution in [2.45, 2.75) is 38.5 Å². The number of aromatic nitrogens is 1. The highest BCUT2D eigenvalue weighted by molar-refractivity contribution is 5.42. The Morgan fingerprint density at radius 2 is 2.12 bits per heavy atom. The van der Waals surface area contributed by atoms with Gasteiger partial charge in [0.25, 0.3) is 0 Å². The van der Waals surface area contributed by atoms with Crippen LogP contribution in [0.4, 0.5) is 5.82 Å². The maximum atomic E-state index is 5.49. The minimum atomic E-state index is 0.806. The van der Waals surface area contributed by atoms with Crippen molar-refractivity contribution >= 4 is 5.82 Å². The number of unbranched alkanes of at least 4 members (excludes halogenated alkanes) is 2. The molecule has 0 saturated heterocycles. The Morgan fingerprint density at radius 3 is 2.94 bits per heavy atom. The smallest absolute Gasteiger partial charge is 0.128 e. The van der Waals surface area contributed by atoms with E-state index in [0.717, 1.165) is 31.7 Å². The predicted octanol–water partition coefficient (Wildman–Crippen LogP) is 2.14. The Hall–Kier alpha value is -1.09. The summed E-state index contributed by atoms with van der Waals surface area (Å²) >= 11 is 0. The van der Waals surface area contributed by atoms with E-state index >= 15 is 0 Å². The molecule has 1 heterocycles. The Kier molecular flexibility index (Phi) is 4.37. The average Bonchev–Trinajstić information content (AvgIpc) is 2.81. The average molecular weight is 233 g/mol. The minimum absolute atomic E-state index is 0.806. The minimum Gasteiger partial charge on any atom is -0.360 e. The van der Waals surface area contributed by atoms with Crippen LogP contribution in [0.3, 0.4) is 0 Å². The number of nitrogens with zero attached hydrogens (tertiary/aromatic N) is 2. The molecular weight excluding hydrogens is 210 g/mol. The number of aryl methyl sites for hydroxylation is 2. The molecule has 0 atom stereocenters. The zero-order valence-corrected chi connectivity index (χ0v) is 10.8. The zero-order valence-electron chi connectivity index (χ0n) is 10.8. The van der Waals surface area contributed by atoms with Crippen LogP contribution in [-0.4, -0.2) is 25.1 Å². The summed E-state index contributed by atoms with van der Waals surface area (Å²) in [6.07, 6.45) is 7.18. The van der Waals surface area contributed by atoms with Crippen molar-refractivity contribution in [1.82, 2.24) is 4.98 Å². The molecule has 1 aliphatic carbocycles. The van der Waals surface area contributed by atoms with E-state index in [-0.39, 0.29) is 0 Å². The third kappa shape index (κ3) is 3.19. The van der Waals surface area contributed by atoms with Crippen molar-refractivity contribution in [2.75, 3.05) is 25.0 Å². The lowest BCUT2D eigenvalue weighted by Crippen LogP contribution is -2.20. The van der Waals surface area contributed by atoms with Crippen molar-refractivity contribution in [3.63, 3.8) is 0 Å². The van der Waals surface area contributed by atoms with E-state index in [2.05, 4.69) is 24.1 Å². The first-order valence-electron chi connectivity index (χ1n) is 6.71. The molecule has 0 saturated carbocycles. The van der Waals surface area contributed by atoms with Crippen LogP contribution < -0.4 is 10.6 Å². The topological polar surface area (TPSA) is 42.1 Å². The molecular formula is C14H23N3. The predicted molar refractivity (Wildman–Crippen MR) is 72.4 cm³/mol. The largest absolute Gasteiger partial charge is 0.360 e. The zero-order chi connectivity index (χ0) is 12.1. The third-order valence-electron chi connectivity index (χ3n) is 3.50. The van der Waals surface area contributed by atoms with Crippen LogP contribution in [0, 0.1) is 0 Å². The molecule has 1 aromatic rings. The van der Waals surface area contributed by atoms with Gasteiger partial charge in [-0.25, -0.2) is 4.98 Å². The second kappa shape index (κ2) is 6.01. The lowest BCUT2D eigenvalue weighted by molar-refractivity contribution is 0.675. The first kappa shape index (κ1) is 12.4. The molecule has 0 fully saturated rings. The molecule has 0 unspecified atom stereocenters. The lowest BCUT2D eigenvalue weighted by atomic mass is 10.2. The van der Waals surface area contributed by atoms with Crippen LogP contribution in [0.25, 0.3) is 0 Å². The summed E-state index contributed by atoms with van der Waals surface area (Å²) in [7, 11) is 2.13. The fraction of sp³-hybridized carbons (Fsp3) is 0.643. The number of fused-ring (bicyclic) bond motifs is 1. The van der Waals surface area contributed by atoms with Gasteiger partial charge in [-0.1, -0.05) is 12.5 Å². The number of nitrogens with two attached hydrogens (primary N) is 1. The first-order valence-corrected chi connectivity index (χ1v) is 6.71. The van der Waals surface area contributed by atoms with E-state index in [1.807, 2.05) is 0 Å². The molecule has 0 amide bonds. The number of hydrogen-bond acceptors (Lipinski definition) is 3. The summed E-state index contributed by atoms with van der Waals surface area (Å²) in [4.78, 5) is 7.01. The SMILES string of the molecule is CN(CCCCCN)c1ccc2c(n1)CCC2. The summed E-state index contributed by atoms with van der Waals surface area (Å²) < 4.78 is 0. The van der Waals surface area contributed by atoms with E-state index in [0.29, 0.717) is 0 Å². The normalized spacial score (nSPS) is 13.8. The molecule has 0 radical (unpaired) electrons. The van der Waals surface area contributed by atoms with Gasteiger partial charge in [-0.15, -0.1) is 0 Å². The molecule has 0 aromatic carbocycles. The second-order valence-corrected chi connectivity index (χ2v) is 4.90. The Balaban J connectivity index is 1.88. The highest BCUT2D eigenvalue weighted by Crippen LogP contribution is 2.22. The maximum Gasteiger partial charge on any atom is 0.128 e. The van der Waals surface area contributed by atoms with Gasteiger partial charge in [0.1, 0.15) is 5.82 Å². The van der Waals surface area contributed by atoms with Crippen LogP contribution in [0.1, 0.15) is 36.9 Å². The Labute approximate surface area is 104 Å². The maximum absolute atomic E-state index is 5.49. The molecule has 1 aliphatic rings. The highest BCUT2D eigenvalue weighted by atomic mass is 15.2. The molecule has 0 aliphatic heterocycles. The second-order valence-electron chi connectivity index (χ2n) is 4.90. The van der Waals surface area contributed by atoms with Crippen LogP contribution in [0.15, 0.2) is 12.1 Å². The van der Waals surface area contributed by atoms with E-state index in [4.69, 9.17) is 10.7 Å². The van der Waals surface area contributed by atoms with E-state index in [1.54, 1.807) is 0 Å². The van der Waals surface area contributed by atoms with Crippen molar-refractivity contribution < 1.29 is 0 Å². The van der Waals surface area contributed by atoms with Gasteiger partial charge >= 0.3 is 0 Å². The van der Waals surface area contributed by atoms with Crippen LogP contribution in [0.2, 0.25) is 0 Å². The summed E-state index contributed by atoms with van der Waals surface area (Å²) in [5.41, 5.74) is 8.26. The van der Waals surface area contributed by atoms with Gasteiger partial charge in [-0.3, -0.25) is 0 Å². The molecule has 94 valence electrons. The standard InChI is InChI=1S/C14H23N3/c1-17(11-4-2-3-10-15)14-9-8-12-6-5-7-13(12)16-14/h8-9H,2-7,10-11,15H2,1H3. The quantitative estimate of drug-likeness (QED) is 0.765. The van der Waals surface area contributed by atoms with E-state index in [9.17, 15) is 0 Å². The highest BCUT2D eigenvalue weighted by Gasteiger charge is 2.13. The number of hydrogen-bond donors (Lipinski definition) is 1. The molecule has 1 aromatic heterocycles. The summed E-state index contributed by atoms with van der Waals surface area (Å²) in [5.74, 6) is 1.12. The summed E-state index contributed by atoms with van der Waals surface area (Å²) in [5, 5.41) is 0. The molecule has 0 spiro atoms. The van der Waals surface area contributed by atoms with Crippen molar-refractivity contribution in [2.24, 2.45) is 5.73 Å². The molecule has 2 N–H and O–H groups in total. The summed E-state index contributed by atoms with van der Waals surface area (Å²) in [6, 6.07) is 4.41. The number of rotatable bonds is 6. The van der Waals surface area contributed by atoms with Gasteiger partial charge in [0.15, 0.2) is 0 Å². The lowest BCUT2D eigenvalue weighted by Gasteiger charge is -2.18. The van der Waals surface area contributed by atoms with Gasteiger partial charge in [0.05, 0.1) is 0 Å². The van der Waals surface area contributed by atoms with Crippen molar-refractivity contribution in [3.8, 4) is 0 Å². The van der Waals surface area contributed by atoms with E-state index < -0.39 is 0 Å². The fourth-order valence-corrected chi connectivity index (χ4v) is 2.41. The molecule has 17 heavy (non-hydrogen) atoms. The molecule has 3 heteroatoms. The van der Waals surface area contributed by atoms with Crippen LogP contribution in [-0.2, 0) is 12.8 Å². The van der Waals surface area contributed by atoms with Crippen molar-refractivity contribution in [3.05, 3.63) is 23.4 Å². The van der Waals surface area contributed by atoms with Gasteiger partial charge in [0.2, 0.25) is 0 Å². The monoisotopic (exact) mass is 233 g/mol. The fourth-order valence-electron chi connectivity index (χ4n) is 2.41. The Bertz CT molecular complexity index is 362. The molecule has 0 bridgehead atoms.